The van der Waals surface area contributed by atoms with Gasteiger partial charge in [0.1, 0.15) is 11.5 Å². The number of carbonyl (C=O) groups excluding carboxylic acids is 1. The lowest BCUT2D eigenvalue weighted by Gasteiger charge is -2.34. The van der Waals surface area contributed by atoms with Gasteiger partial charge in [0, 0.05) is 18.4 Å². The Morgan fingerprint density at radius 3 is 2.29 bits per heavy atom. The zero-order chi connectivity index (χ0) is 39.1. The molecule has 0 fully saturated rings. The van der Waals surface area contributed by atoms with Gasteiger partial charge in [-0.2, -0.15) is 12.4 Å². The van der Waals surface area contributed by atoms with Crippen LogP contribution in [0.5, 0.6) is 28.7 Å². The fourth-order valence-electron chi connectivity index (χ4n) is 7.87. The number of hydrogen-bond donors (Lipinski definition) is 5. The van der Waals surface area contributed by atoms with Gasteiger partial charge in [-0.25, -0.2) is 0 Å². The minimum absolute atomic E-state index is 0.0106. The zero-order valence-corrected chi connectivity index (χ0v) is 31.4. The van der Waals surface area contributed by atoms with Gasteiger partial charge in [0.25, 0.3) is 0 Å². The maximum absolute atomic E-state index is 14.7. The predicted octanol–water partition coefficient (Wildman–Crippen LogP) is 6.98. The molecule has 5 aromatic carbocycles. The molecule has 1 aromatic heterocycles. The fraction of sp³-hybridized carbons (Fsp3) is 0.283. The molecule has 6 aromatic rings. The van der Waals surface area contributed by atoms with Gasteiger partial charge >= 0.3 is 0 Å². The van der Waals surface area contributed by atoms with E-state index in [1.807, 2.05) is 24.3 Å². The van der Waals surface area contributed by atoms with Crippen molar-refractivity contribution < 1.29 is 39.8 Å². The third kappa shape index (κ3) is 8.33. The van der Waals surface area contributed by atoms with E-state index in [0.717, 1.165) is 39.4 Å². The Balaban J connectivity index is 1.39. The topological polar surface area (TPSA) is 151 Å². The summed E-state index contributed by atoms with van der Waals surface area (Å²) in [7, 11) is 2.96. The van der Waals surface area contributed by atoms with Crippen LogP contribution in [0.15, 0.2) is 109 Å². The number of aromatic hydroxyl groups is 3. The highest BCUT2D eigenvalue weighted by atomic mass is 16.5. The molecule has 1 heterocycles. The number of aryl methyl sites for hydroxylation is 1. The Morgan fingerprint density at radius 2 is 1.58 bits per heavy atom. The number of nitrogens with zero attached hydrogens (tertiary/aromatic N) is 1. The second-order valence-corrected chi connectivity index (χ2v) is 14.2. The summed E-state index contributed by atoms with van der Waals surface area (Å²) in [6.45, 7) is 1.51. The molecule has 9 heteroatoms. The van der Waals surface area contributed by atoms with Crippen molar-refractivity contribution in [3.05, 3.63) is 148 Å². The Hall–Kier alpha value is -5.77. The monoisotopic (exact) mass is 742 g/mol. The van der Waals surface area contributed by atoms with Crippen molar-refractivity contribution in [1.29, 1.82) is 0 Å². The number of hydrogen-bond acceptors (Lipinski definition) is 8. The number of aromatic nitrogens is 1. The third-order valence-electron chi connectivity index (χ3n) is 10.9. The van der Waals surface area contributed by atoms with E-state index >= 15 is 0 Å². The molecule has 0 bridgehead atoms. The number of methoxy groups -OCH3 is 2. The molecule has 3 unspecified atom stereocenters. The van der Waals surface area contributed by atoms with Crippen molar-refractivity contribution in [3.8, 4) is 28.7 Å². The molecule has 55 heavy (non-hydrogen) atoms. The lowest BCUT2D eigenvalue weighted by atomic mass is 9.70. The predicted molar refractivity (Wildman–Crippen MR) is 212 cm³/mol. The molecule has 5 N–H and O–H groups in total. The van der Waals surface area contributed by atoms with Crippen LogP contribution in [0.1, 0.15) is 52.3 Å². The smallest absolute Gasteiger partial charge is 0.164 e. The average molecular weight is 743 g/mol. The highest BCUT2D eigenvalue weighted by molar-refractivity contribution is 5.91. The van der Waals surface area contributed by atoms with Crippen molar-refractivity contribution in [2.24, 2.45) is 5.92 Å². The zero-order valence-electron chi connectivity index (χ0n) is 31.4. The summed E-state index contributed by atoms with van der Waals surface area (Å²) in [5.41, 5.74) is 4.30. The number of fused-ring (bicyclic) bond motifs is 1. The van der Waals surface area contributed by atoms with Gasteiger partial charge in [-0.3, -0.25) is 4.79 Å². The van der Waals surface area contributed by atoms with Crippen LogP contribution in [0.2, 0.25) is 0 Å². The molecule has 0 saturated carbocycles. The lowest BCUT2D eigenvalue weighted by Crippen LogP contribution is -2.44. The number of aliphatic hydroxyl groups excluding tert-OH is 2. The van der Waals surface area contributed by atoms with E-state index in [2.05, 4.69) is 36.2 Å². The maximum Gasteiger partial charge on any atom is 0.164 e. The first-order valence-electron chi connectivity index (χ1n) is 18.5. The van der Waals surface area contributed by atoms with Crippen LogP contribution in [0.25, 0.3) is 10.8 Å². The lowest BCUT2D eigenvalue weighted by molar-refractivity contribution is -0.129. The highest BCUT2D eigenvalue weighted by Crippen LogP contribution is 2.40. The highest BCUT2D eigenvalue weighted by Gasteiger charge is 2.42. The summed E-state index contributed by atoms with van der Waals surface area (Å²) in [5, 5.41) is 57.2. The van der Waals surface area contributed by atoms with Crippen LogP contribution in [0.3, 0.4) is 0 Å². The minimum Gasteiger partial charge on any atom is -0.670 e. The summed E-state index contributed by atoms with van der Waals surface area (Å²) < 4.78 is 11.2. The van der Waals surface area contributed by atoms with Crippen molar-refractivity contribution in [2.75, 3.05) is 20.8 Å². The van der Waals surface area contributed by atoms with Gasteiger partial charge in [-0.05, 0) is 101 Å². The minimum atomic E-state index is -1.55. The Morgan fingerprint density at radius 1 is 0.800 bits per heavy atom. The number of aliphatic hydroxyl groups is 2. The maximum atomic E-state index is 14.7. The van der Waals surface area contributed by atoms with E-state index in [1.54, 1.807) is 42.7 Å². The van der Waals surface area contributed by atoms with Gasteiger partial charge in [0.05, 0.1) is 32.3 Å². The summed E-state index contributed by atoms with van der Waals surface area (Å²) >= 11 is 0. The SMILES string of the molecule is CCc1ccc2ccccc2c1Cc1c(CC(Cc2cc[n-]c2)C(O)CC(=O)C(CO)(Cc2ccc(O)c(OC)c2)c2cccc(O)c2)ccc(O)c1OC. The summed E-state index contributed by atoms with van der Waals surface area (Å²) in [6, 6.07) is 28.8. The Kier molecular flexibility index (Phi) is 12.1. The van der Waals surface area contributed by atoms with Crippen molar-refractivity contribution >= 4 is 16.6 Å². The standard InChI is InChI=1S/C46H48NO8/c1-4-31-13-14-32-8-5-6-11-37(32)38(31)24-39-33(15-17-41(51)45(39)55-3)22-34(20-30-18-19-47-27-30)42(52)25-44(53)46(28-48,35-9-7-10-36(49)23-35)26-29-12-16-40(50)43(21-29)54-2/h5-19,21,23,27,34,42,48-52H,4,20,22,24-26,28H2,1-3H3/q-1. The molecular formula is C46H48NO8-. The van der Waals surface area contributed by atoms with Gasteiger partial charge in [-0.1, -0.05) is 79.2 Å². The molecule has 286 valence electrons. The average Bonchev–Trinajstić information content (AvgIpc) is 3.71. The van der Waals surface area contributed by atoms with Gasteiger partial charge in [0.15, 0.2) is 23.0 Å². The number of Topliss-reactive ketones (excluding diaryl/α,β-unsaturated/α-hetero) is 1. The molecule has 0 radical (unpaired) electrons. The van der Waals surface area contributed by atoms with E-state index in [0.29, 0.717) is 36.1 Å². The van der Waals surface area contributed by atoms with E-state index in [9.17, 15) is 30.3 Å². The van der Waals surface area contributed by atoms with E-state index in [4.69, 9.17) is 9.47 Å². The molecule has 3 atom stereocenters. The van der Waals surface area contributed by atoms with Crippen LogP contribution in [-0.2, 0) is 42.3 Å². The number of rotatable bonds is 17. The number of phenols is 3. The van der Waals surface area contributed by atoms with E-state index < -0.39 is 29.8 Å². The first kappa shape index (κ1) is 38.9. The molecule has 0 amide bonds. The summed E-state index contributed by atoms with van der Waals surface area (Å²) in [5.74, 6) is -0.464. The normalized spacial score (nSPS) is 13.6. The second kappa shape index (κ2) is 17.1. The van der Waals surface area contributed by atoms with Crippen molar-refractivity contribution in [1.82, 2.24) is 4.98 Å². The van der Waals surface area contributed by atoms with E-state index in [-0.39, 0.29) is 35.8 Å². The quantitative estimate of drug-likeness (QED) is 0.0667. The van der Waals surface area contributed by atoms with E-state index in [1.165, 1.54) is 38.0 Å². The third-order valence-corrected chi connectivity index (χ3v) is 10.9. The fourth-order valence-corrected chi connectivity index (χ4v) is 7.87. The molecule has 0 aliphatic heterocycles. The van der Waals surface area contributed by atoms with Crippen LogP contribution in [0.4, 0.5) is 0 Å². The molecule has 0 spiro atoms. The second-order valence-electron chi connectivity index (χ2n) is 14.2. The van der Waals surface area contributed by atoms with Crippen LogP contribution in [0, 0.1) is 5.92 Å². The van der Waals surface area contributed by atoms with Crippen molar-refractivity contribution in [2.45, 2.75) is 57.0 Å². The summed E-state index contributed by atoms with van der Waals surface area (Å²) in [4.78, 5) is 18.9. The number of phenolic OH excluding ortho intramolecular Hbond substituents is 3. The molecule has 6 rings (SSSR count). The molecule has 0 aliphatic rings. The molecular weight excluding hydrogens is 695 g/mol. The Labute approximate surface area is 321 Å². The summed E-state index contributed by atoms with van der Waals surface area (Å²) in [6.07, 6.45) is 3.99. The van der Waals surface area contributed by atoms with Crippen LogP contribution >= 0.6 is 0 Å². The number of ether oxygens (including phenoxy) is 2. The largest absolute Gasteiger partial charge is 0.670 e. The van der Waals surface area contributed by atoms with Crippen LogP contribution < -0.4 is 14.5 Å². The number of ketones is 1. The first-order valence-corrected chi connectivity index (χ1v) is 18.5. The Bertz CT molecular complexity index is 2250. The molecule has 0 aliphatic carbocycles. The van der Waals surface area contributed by atoms with Gasteiger partial charge in [0.2, 0.25) is 0 Å². The van der Waals surface area contributed by atoms with Gasteiger partial charge in [-0.15, -0.1) is 0 Å². The number of carbonyl (C=O) groups is 1. The molecule has 9 nitrogen and oxygen atoms in total. The molecule has 0 saturated heterocycles. The van der Waals surface area contributed by atoms with Crippen LogP contribution in [-0.4, -0.2) is 58.2 Å². The number of benzene rings is 5. The first-order chi connectivity index (χ1) is 26.6. The van der Waals surface area contributed by atoms with Crippen molar-refractivity contribution in [3.63, 3.8) is 0 Å². The van der Waals surface area contributed by atoms with Gasteiger partial charge < -0.3 is 40.0 Å².